The van der Waals surface area contributed by atoms with Gasteiger partial charge in [-0.2, -0.15) is 0 Å². The van der Waals surface area contributed by atoms with Crippen LogP contribution in [0.25, 0.3) is 0 Å². The summed E-state index contributed by atoms with van der Waals surface area (Å²) in [6.45, 7) is 7.99. The molecule has 0 bridgehead atoms. The van der Waals surface area contributed by atoms with E-state index in [4.69, 9.17) is 4.42 Å². The van der Waals surface area contributed by atoms with Gasteiger partial charge < -0.3 is 20.4 Å². The Kier molecular flexibility index (Phi) is 5.11. The quantitative estimate of drug-likeness (QED) is 0.674. The first-order chi connectivity index (χ1) is 10.4. The van der Waals surface area contributed by atoms with Crippen LogP contribution in [0, 0.1) is 18.3 Å². The zero-order valence-corrected chi connectivity index (χ0v) is 13.5. The van der Waals surface area contributed by atoms with Crippen LogP contribution in [0.2, 0.25) is 0 Å². The zero-order valence-electron chi connectivity index (χ0n) is 13.5. The second-order valence-electron chi connectivity index (χ2n) is 6.57. The number of furan rings is 1. The van der Waals surface area contributed by atoms with Crippen LogP contribution in [0.1, 0.15) is 42.8 Å². The number of hydrogen-bond acceptors (Lipinski definition) is 3. The van der Waals surface area contributed by atoms with E-state index >= 15 is 0 Å². The van der Waals surface area contributed by atoms with Crippen molar-refractivity contribution >= 4 is 11.9 Å². The van der Waals surface area contributed by atoms with Crippen molar-refractivity contribution in [2.45, 2.75) is 33.6 Å². The van der Waals surface area contributed by atoms with Gasteiger partial charge in [0.05, 0.1) is 6.26 Å². The van der Waals surface area contributed by atoms with E-state index in [9.17, 15) is 9.59 Å². The molecule has 1 aliphatic rings. The molecule has 1 atom stereocenters. The van der Waals surface area contributed by atoms with E-state index in [2.05, 4.69) is 29.8 Å². The average molecular weight is 307 g/mol. The first-order valence-electron chi connectivity index (χ1n) is 7.74. The number of rotatable bonds is 7. The molecule has 2 rings (SSSR count). The summed E-state index contributed by atoms with van der Waals surface area (Å²) in [6, 6.07) is 1.61. The van der Waals surface area contributed by atoms with Crippen LogP contribution in [0.3, 0.4) is 0 Å². The lowest BCUT2D eigenvalue weighted by molar-refractivity contribution is 0.0925. The summed E-state index contributed by atoms with van der Waals surface area (Å²) < 4.78 is 5.11. The van der Waals surface area contributed by atoms with E-state index in [1.807, 2.05) is 6.92 Å². The van der Waals surface area contributed by atoms with E-state index in [0.717, 1.165) is 12.1 Å². The largest absolute Gasteiger partial charge is 0.459 e. The summed E-state index contributed by atoms with van der Waals surface area (Å²) in [5.74, 6) is 0.717. The highest BCUT2D eigenvalue weighted by Crippen LogP contribution is 2.50. The summed E-state index contributed by atoms with van der Waals surface area (Å²) in [6.07, 6.45) is 3.34. The van der Waals surface area contributed by atoms with Gasteiger partial charge in [-0.3, -0.25) is 4.79 Å². The lowest BCUT2D eigenvalue weighted by Crippen LogP contribution is -2.38. The molecule has 1 heterocycles. The highest BCUT2D eigenvalue weighted by molar-refractivity contribution is 5.92. The van der Waals surface area contributed by atoms with E-state index in [0.29, 0.717) is 36.6 Å². The van der Waals surface area contributed by atoms with Crippen LogP contribution < -0.4 is 16.0 Å². The number of aryl methyl sites for hydroxylation is 1. The number of urea groups is 1. The van der Waals surface area contributed by atoms with Crippen LogP contribution in [0.5, 0.6) is 0 Å². The third-order valence-corrected chi connectivity index (χ3v) is 4.22. The second-order valence-corrected chi connectivity index (χ2v) is 6.57. The van der Waals surface area contributed by atoms with Gasteiger partial charge in [0.1, 0.15) is 0 Å². The smallest absolute Gasteiger partial charge is 0.314 e. The fourth-order valence-corrected chi connectivity index (χ4v) is 2.38. The fourth-order valence-electron chi connectivity index (χ4n) is 2.38. The van der Waals surface area contributed by atoms with Gasteiger partial charge in [-0.1, -0.05) is 13.8 Å². The van der Waals surface area contributed by atoms with Gasteiger partial charge in [-0.25, -0.2) is 4.79 Å². The van der Waals surface area contributed by atoms with Crippen LogP contribution in [-0.2, 0) is 0 Å². The van der Waals surface area contributed by atoms with Gasteiger partial charge in [0.2, 0.25) is 0 Å². The predicted octanol–water partition coefficient (Wildman–Crippen LogP) is 2.05. The van der Waals surface area contributed by atoms with Crippen molar-refractivity contribution in [3.8, 4) is 0 Å². The molecule has 122 valence electrons. The molecule has 22 heavy (non-hydrogen) atoms. The molecule has 1 aromatic heterocycles. The Morgan fingerprint density at radius 3 is 2.55 bits per heavy atom. The molecule has 1 saturated carbocycles. The molecule has 3 amide bonds. The third-order valence-electron chi connectivity index (χ3n) is 4.22. The SMILES string of the molecule is Cc1ccoc1C(=O)NCCCNC(=O)NCC1CC1(C)C. The number of carbonyl (C=O) groups is 2. The minimum Gasteiger partial charge on any atom is -0.459 e. The van der Waals surface area contributed by atoms with E-state index in [1.165, 1.54) is 12.7 Å². The maximum atomic E-state index is 11.8. The summed E-state index contributed by atoms with van der Waals surface area (Å²) in [5.41, 5.74) is 1.19. The monoisotopic (exact) mass is 307 g/mol. The number of hydrogen-bond donors (Lipinski definition) is 3. The summed E-state index contributed by atoms with van der Waals surface area (Å²) >= 11 is 0. The topological polar surface area (TPSA) is 83.4 Å². The molecule has 1 fully saturated rings. The van der Waals surface area contributed by atoms with Crippen LogP contribution in [-0.4, -0.2) is 31.6 Å². The van der Waals surface area contributed by atoms with Crippen molar-refractivity contribution in [3.63, 3.8) is 0 Å². The van der Waals surface area contributed by atoms with Crippen molar-refractivity contribution in [1.82, 2.24) is 16.0 Å². The van der Waals surface area contributed by atoms with E-state index < -0.39 is 0 Å². The minimum absolute atomic E-state index is 0.143. The first-order valence-corrected chi connectivity index (χ1v) is 7.74. The predicted molar refractivity (Wildman–Crippen MR) is 83.7 cm³/mol. The highest BCUT2D eigenvalue weighted by atomic mass is 16.3. The van der Waals surface area contributed by atoms with Gasteiger partial charge in [0.25, 0.3) is 5.91 Å². The molecule has 1 aliphatic carbocycles. The van der Waals surface area contributed by atoms with Gasteiger partial charge in [-0.05, 0) is 37.2 Å². The molecule has 1 unspecified atom stereocenters. The fraction of sp³-hybridized carbons (Fsp3) is 0.625. The molecule has 0 aliphatic heterocycles. The van der Waals surface area contributed by atoms with Gasteiger partial charge in [0.15, 0.2) is 5.76 Å². The molecule has 0 aromatic carbocycles. The summed E-state index contributed by atoms with van der Waals surface area (Å²) in [5, 5.41) is 8.43. The summed E-state index contributed by atoms with van der Waals surface area (Å²) in [4.78, 5) is 23.4. The average Bonchev–Trinajstić information content (AvgIpc) is 2.85. The van der Waals surface area contributed by atoms with Crippen molar-refractivity contribution < 1.29 is 14.0 Å². The Morgan fingerprint density at radius 2 is 1.95 bits per heavy atom. The van der Waals surface area contributed by atoms with Crippen LogP contribution >= 0.6 is 0 Å². The first kappa shape index (κ1) is 16.4. The maximum absolute atomic E-state index is 11.8. The van der Waals surface area contributed by atoms with Gasteiger partial charge >= 0.3 is 6.03 Å². The lowest BCUT2D eigenvalue weighted by atomic mass is 10.1. The highest BCUT2D eigenvalue weighted by Gasteiger charge is 2.45. The Morgan fingerprint density at radius 1 is 1.27 bits per heavy atom. The Labute approximate surface area is 131 Å². The molecule has 3 N–H and O–H groups in total. The number of nitrogens with one attached hydrogen (secondary N) is 3. The van der Waals surface area contributed by atoms with E-state index in [-0.39, 0.29) is 11.9 Å². The molecule has 0 spiro atoms. The minimum atomic E-state index is -0.220. The van der Waals surface area contributed by atoms with Crippen molar-refractivity contribution in [3.05, 3.63) is 23.7 Å². The lowest BCUT2D eigenvalue weighted by Gasteiger charge is -2.09. The number of carbonyl (C=O) groups excluding carboxylic acids is 2. The molecular weight excluding hydrogens is 282 g/mol. The molecule has 6 heteroatoms. The van der Waals surface area contributed by atoms with Crippen molar-refractivity contribution in [2.75, 3.05) is 19.6 Å². The van der Waals surface area contributed by atoms with E-state index in [1.54, 1.807) is 6.07 Å². The Balaban J connectivity index is 1.51. The maximum Gasteiger partial charge on any atom is 0.314 e. The normalized spacial score (nSPS) is 18.6. The van der Waals surface area contributed by atoms with Crippen molar-refractivity contribution in [2.24, 2.45) is 11.3 Å². The van der Waals surface area contributed by atoms with Crippen molar-refractivity contribution in [1.29, 1.82) is 0 Å². The molecule has 0 radical (unpaired) electrons. The Bertz CT molecular complexity index is 536. The zero-order chi connectivity index (χ0) is 16.2. The van der Waals surface area contributed by atoms with Crippen LogP contribution in [0.15, 0.2) is 16.7 Å². The number of amides is 3. The van der Waals surface area contributed by atoms with Gasteiger partial charge in [-0.15, -0.1) is 0 Å². The van der Waals surface area contributed by atoms with Crippen LogP contribution in [0.4, 0.5) is 4.79 Å². The summed E-state index contributed by atoms with van der Waals surface area (Å²) in [7, 11) is 0. The third kappa shape index (κ3) is 4.51. The Hall–Kier alpha value is -1.98. The molecule has 1 aromatic rings. The van der Waals surface area contributed by atoms with Gasteiger partial charge in [0, 0.05) is 25.2 Å². The molecule has 6 nitrogen and oxygen atoms in total. The molecular formula is C16H25N3O3. The standard InChI is InChI=1S/C16H25N3O3/c1-11-5-8-22-13(11)14(20)17-6-4-7-18-15(21)19-10-12-9-16(12,2)3/h5,8,12H,4,6-7,9-10H2,1-3H3,(H,17,20)(H2,18,19,21). The second kappa shape index (κ2) is 6.85. The molecule has 0 saturated heterocycles.